The zero-order valence-corrected chi connectivity index (χ0v) is 25.4. The minimum Gasteiger partial charge on any atom is -0.508 e. The number of phenolic OH excluding ortho intramolecular Hbond substituents is 2. The molecule has 5 rings (SSSR count). The molecular weight excluding hydrogens is 620 g/mol. The predicted molar refractivity (Wildman–Crippen MR) is 164 cm³/mol. The number of fused-ring (bicyclic) bond motifs is 1. The Kier molecular flexibility index (Phi) is 9.86. The summed E-state index contributed by atoms with van der Waals surface area (Å²) in [5.41, 5.74) is 0.450. The van der Waals surface area contributed by atoms with Crippen LogP contribution in [0.2, 0.25) is 0 Å². The predicted octanol–water partition coefficient (Wildman–Crippen LogP) is 2.29. The lowest BCUT2D eigenvalue weighted by atomic mass is 9.99. The van der Waals surface area contributed by atoms with Crippen molar-refractivity contribution in [3.8, 4) is 57.1 Å². The molecule has 2 heterocycles. The number of rotatable bonds is 10. The van der Waals surface area contributed by atoms with Gasteiger partial charge in [0.2, 0.25) is 12.0 Å². The molecule has 0 spiro atoms. The van der Waals surface area contributed by atoms with Crippen LogP contribution in [0.1, 0.15) is 5.56 Å². The first-order chi connectivity index (χ1) is 22.5. The molecule has 0 radical (unpaired) electrons. The van der Waals surface area contributed by atoms with Crippen molar-refractivity contribution in [2.24, 2.45) is 0 Å². The van der Waals surface area contributed by atoms with Crippen molar-refractivity contribution in [3.63, 3.8) is 0 Å². The minimum absolute atomic E-state index is 0.0181. The third-order valence-electron chi connectivity index (χ3n) is 7.37. The quantitative estimate of drug-likeness (QED) is 0.123. The summed E-state index contributed by atoms with van der Waals surface area (Å²) >= 11 is 0. The van der Waals surface area contributed by atoms with Crippen LogP contribution in [0.15, 0.2) is 69.9 Å². The average molecular weight is 653 g/mol. The third-order valence-corrected chi connectivity index (χ3v) is 7.37. The second-order valence-electron chi connectivity index (χ2n) is 10.4. The van der Waals surface area contributed by atoms with Crippen LogP contribution in [0.5, 0.6) is 34.5 Å². The first kappa shape index (κ1) is 33.1. The van der Waals surface area contributed by atoms with Crippen molar-refractivity contribution in [3.05, 3.63) is 76.5 Å². The second kappa shape index (κ2) is 14.0. The molecule has 0 aromatic heterocycles. The number of aliphatic hydroxyl groups is 3. The molecule has 1 fully saturated rings. The van der Waals surface area contributed by atoms with Crippen LogP contribution >= 0.6 is 0 Å². The topological polar surface area (TPSA) is 204 Å². The molecule has 1 aliphatic carbocycles. The van der Waals surface area contributed by atoms with Crippen molar-refractivity contribution in [1.29, 1.82) is 0 Å². The molecule has 0 amide bonds. The molecule has 5 atom stereocenters. The largest absolute Gasteiger partial charge is 0.508 e. The lowest BCUT2D eigenvalue weighted by molar-refractivity contribution is -0.278. The van der Waals surface area contributed by atoms with Gasteiger partial charge in [-0.1, -0.05) is 12.1 Å². The van der Waals surface area contributed by atoms with Crippen molar-refractivity contribution in [2.45, 2.75) is 30.7 Å². The second-order valence-corrected chi connectivity index (χ2v) is 10.4. The van der Waals surface area contributed by atoms with Crippen LogP contribution in [-0.4, -0.2) is 90.1 Å². The van der Waals surface area contributed by atoms with Gasteiger partial charge in [-0.05, 0) is 42.0 Å². The number of hydrogen-bond acceptors (Lipinski definition) is 14. The van der Waals surface area contributed by atoms with Gasteiger partial charge >= 0.3 is 5.97 Å². The molecular formula is C33H32O14. The van der Waals surface area contributed by atoms with Gasteiger partial charge in [0.15, 0.2) is 28.4 Å². The molecule has 1 saturated heterocycles. The highest BCUT2D eigenvalue weighted by Crippen LogP contribution is 2.45. The summed E-state index contributed by atoms with van der Waals surface area (Å²) in [5.74, 6) is -0.824. The molecule has 2 aromatic rings. The van der Waals surface area contributed by atoms with E-state index in [0.29, 0.717) is 5.56 Å². The van der Waals surface area contributed by atoms with E-state index in [1.54, 1.807) is 12.1 Å². The highest BCUT2D eigenvalue weighted by molar-refractivity contribution is 5.87. The lowest BCUT2D eigenvalue weighted by Crippen LogP contribution is -2.60. The standard InChI is InChI=1S/C33H32O14/c1-41-19-12-21(35)20-14-25(32(45-22(20)13-19)17-10-23(42-2)28(37)24(11-17)43-3)46-33-31(40)30(39)29(38)26(47-33)15-44-27(36)9-6-16-4-7-18(34)8-5-16/h4-14,26,29-31,33-34,37-40H,15H2,1-3H3/t26-,29-,30+,31-,33-/m1/s1. The Morgan fingerprint density at radius 2 is 1.53 bits per heavy atom. The van der Waals surface area contributed by atoms with E-state index in [9.17, 15) is 35.1 Å². The summed E-state index contributed by atoms with van der Waals surface area (Å²) in [5, 5.41) is 51.9. The van der Waals surface area contributed by atoms with Gasteiger partial charge in [0.05, 0.1) is 26.9 Å². The summed E-state index contributed by atoms with van der Waals surface area (Å²) in [4.78, 5) is 25.3. The van der Waals surface area contributed by atoms with Crippen LogP contribution in [0.4, 0.5) is 0 Å². The number of ether oxygens (including phenoxy) is 6. The lowest BCUT2D eigenvalue weighted by Gasteiger charge is -2.40. The van der Waals surface area contributed by atoms with Gasteiger partial charge in [-0.2, -0.15) is 0 Å². The zero-order valence-electron chi connectivity index (χ0n) is 25.4. The Balaban J connectivity index is 1.46. The van der Waals surface area contributed by atoms with Gasteiger partial charge in [0.25, 0.3) is 0 Å². The number of carbonyl (C=O) groups excluding carboxylic acids is 1. The summed E-state index contributed by atoms with van der Waals surface area (Å²) in [6, 6.07) is 12.9. The number of esters is 1. The van der Waals surface area contributed by atoms with Crippen LogP contribution in [0, 0.1) is 0 Å². The Morgan fingerprint density at radius 3 is 2.17 bits per heavy atom. The van der Waals surface area contributed by atoms with E-state index in [1.807, 2.05) is 0 Å². The molecule has 0 saturated carbocycles. The van der Waals surface area contributed by atoms with E-state index in [0.717, 1.165) is 6.08 Å². The Morgan fingerprint density at radius 1 is 0.851 bits per heavy atom. The van der Waals surface area contributed by atoms with E-state index in [-0.39, 0.29) is 57.1 Å². The maximum absolute atomic E-state index is 12.9. The molecule has 5 N–H and O–H groups in total. The highest BCUT2D eigenvalue weighted by Gasteiger charge is 2.46. The minimum atomic E-state index is -1.80. The van der Waals surface area contributed by atoms with E-state index < -0.39 is 48.7 Å². The van der Waals surface area contributed by atoms with Crippen LogP contribution in [-0.2, 0) is 14.3 Å². The Bertz CT molecular complexity index is 1750. The van der Waals surface area contributed by atoms with Gasteiger partial charge in [-0.25, -0.2) is 4.79 Å². The molecule has 3 aliphatic rings. The van der Waals surface area contributed by atoms with Gasteiger partial charge in [-0.15, -0.1) is 0 Å². The fraction of sp³-hybridized carbons (Fsp3) is 0.273. The maximum atomic E-state index is 12.9. The van der Waals surface area contributed by atoms with Gasteiger partial charge < -0.3 is 58.4 Å². The zero-order chi connectivity index (χ0) is 33.8. The maximum Gasteiger partial charge on any atom is 0.330 e. The molecule has 47 heavy (non-hydrogen) atoms. The van der Waals surface area contributed by atoms with Crippen molar-refractivity contribution in [2.75, 3.05) is 27.9 Å². The number of hydrogen-bond donors (Lipinski definition) is 5. The molecule has 248 valence electrons. The van der Waals surface area contributed by atoms with E-state index in [4.69, 9.17) is 32.8 Å². The molecule has 0 unspecified atom stereocenters. The summed E-state index contributed by atoms with van der Waals surface area (Å²) in [7, 11) is 4.05. The number of aromatic hydroxyl groups is 2. The first-order valence-electron chi connectivity index (χ1n) is 14.1. The summed E-state index contributed by atoms with van der Waals surface area (Å²) in [6.45, 7) is -0.532. The SMILES string of the molecule is COc1cc2oc(-c3cc(OC)c(O)c(OC)c3)c(O[C@@H]3O[C@H](COC(=O)C=Cc4ccc(O)cc4)[C@@H](O)[C@H](O)[C@H]3O)cc-2c(=O)c1. The number of aliphatic hydroxyl groups excluding tert-OH is 3. The molecule has 0 bridgehead atoms. The monoisotopic (exact) mass is 652 g/mol. The average Bonchev–Trinajstić information content (AvgIpc) is 3.07. The van der Waals surface area contributed by atoms with E-state index in [2.05, 4.69) is 0 Å². The number of methoxy groups -OCH3 is 3. The normalized spacial score (nSPS) is 21.0. The summed E-state index contributed by atoms with van der Waals surface area (Å²) in [6.07, 6.45) is -5.71. The number of phenols is 2. The van der Waals surface area contributed by atoms with Gasteiger partial charge in [0, 0.05) is 23.8 Å². The first-order valence-corrected chi connectivity index (χ1v) is 14.1. The molecule has 2 aromatic carbocycles. The smallest absolute Gasteiger partial charge is 0.330 e. The fourth-order valence-electron chi connectivity index (χ4n) is 4.83. The highest BCUT2D eigenvalue weighted by atomic mass is 16.7. The summed E-state index contributed by atoms with van der Waals surface area (Å²) < 4.78 is 38.8. The van der Waals surface area contributed by atoms with E-state index in [1.165, 1.54) is 69.9 Å². The Labute approximate surface area is 267 Å². The van der Waals surface area contributed by atoms with Crippen LogP contribution in [0.3, 0.4) is 0 Å². The van der Waals surface area contributed by atoms with Gasteiger partial charge in [0.1, 0.15) is 48.3 Å². The Hall–Kier alpha value is -5.28. The van der Waals surface area contributed by atoms with E-state index >= 15 is 0 Å². The molecule has 2 aliphatic heterocycles. The number of carbonyl (C=O) groups is 1. The fourth-order valence-corrected chi connectivity index (χ4v) is 4.83. The molecule has 14 nitrogen and oxygen atoms in total. The van der Waals surface area contributed by atoms with Crippen molar-refractivity contribution >= 4 is 12.0 Å². The molecule has 14 heteroatoms. The number of benzene rings is 3. The van der Waals surface area contributed by atoms with Crippen molar-refractivity contribution < 1.29 is 63.2 Å². The van der Waals surface area contributed by atoms with Crippen LogP contribution < -0.4 is 24.4 Å². The van der Waals surface area contributed by atoms with Crippen molar-refractivity contribution in [1.82, 2.24) is 0 Å². The van der Waals surface area contributed by atoms with Crippen LogP contribution in [0.25, 0.3) is 28.7 Å². The van der Waals surface area contributed by atoms with Gasteiger partial charge in [-0.3, -0.25) is 4.79 Å². The third kappa shape index (κ3) is 7.10.